The Balaban J connectivity index is 1.69. The lowest BCUT2D eigenvalue weighted by molar-refractivity contribution is -0.142. The fourth-order valence-electron chi connectivity index (χ4n) is 4.30. The molecule has 1 aromatic carbocycles. The minimum Gasteiger partial charge on any atom is -0.378 e. The summed E-state index contributed by atoms with van der Waals surface area (Å²) in [6.07, 6.45) is 1.62. The highest BCUT2D eigenvalue weighted by Gasteiger charge is 2.35. The lowest BCUT2D eigenvalue weighted by atomic mass is 9.92. The first-order valence-corrected chi connectivity index (χ1v) is 10.6. The zero-order valence-corrected chi connectivity index (χ0v) is 17.2. The largest absolute Gasteiger partial charge is 0.378 e. The van der Waals surface area contributed by atoms with Gasteiger partial charge in [-0.25, -0.2) is 0 Å². The SMILES string of the molecule is CCN(CC)C(=O)C(c1ccccc1)N1CCC(C(=O)N2CCOCC2)CC1. The van der Waals surface area contributed by atoms with Crippen molar-refractivity contribution in [3.8, 4) is 0 Å². The summed E-state index contributed by atoms with van der Waals surface area (Å²) < 4.78 is 5.36. The van der Waals surface area contributed by atoms with Gasteiger partial charge in [-0.05, 0) is 45.3 Å². The van der Waals surface area contributed by atoms with Crippen LogP contribution < -0.4 is 0 Å². The molecular formula is C22H33N3O3. The van der Waals surface area contributed by atoms with E-state index in [-0.39, 0.29) is 23.8 Å². The second-order valence-corrected chi connectivity index (χ2v) is 7.57. The molecule has 28 heavy (non-hydrogen) atoms. The molecule has 6 heteroatoms. The van der Waals surface area contributed by atoms with Gasteiger partial charge in [-0.2, -0.15) is 0 Å². The van der Waals surface area contributed by atoms with Crippen LogP contribution in [0.15, 0.2) is 30.3 Å². The third-order valence-corrected chi connectivity index (χ3v) is 5.99. The molecule has 2 heterocycles. The summed E-state index contributed by atoms with van der Waals surface area (Å²) in [5, 5.41) is 0. The first-order valence-electron chi connectivity index (χ1n) is 10.6. The number of nitrogens with zero attached hydrogens (tertiary/aromatic N) is 3. The molecule has 2 saturated heterocycles. The highest BCUT2D eigenvalue weighted by atomic mass is 16.5. The number of morpholine rings is 1. The Hall–Kier alpha value is -1.92. The van der Waals surface area contributed by atoms with E-state index in [1.54, 1.807) is 0 Å². The van der Waals surface area contributed by atoms with E-state index in [2.05, 4.69) is 4.90 Å². The van der Waals surface area contributed by atoms with Crippen molar-refractivity contribution in [1.82, 2.24) is 14.7 Å². The molecule has 2 amide bonds. The molecule has 2 fully saturated rings. The monoisotopic (exact) mass is 387 g/mol. The topological polar surface area (TPSA) is 53.1 Å². The Morgan fingerprint density at radius 3 is 2.21 bits per heavy atom. The minimum atomic E-state index is -0.263. The van der Waals surface area contributed by atoms with Gasteiger partial charge in [0.1, 0.15) is 6.04 Å². The number of piperidine rings is 1. The molecule has 6 nitrogen and oxygen atoms in total. The van der Waals surface area contributed by atoms with Crippen molar-refractivity contribution < 1.29 is 14.3 Å². The van der Waals surface area contributed by atoms with Gasteiger partial charge in [0.05, 0.1) is 13.2 Å². The number of carbonyl (C=O) groups is 2. The summed E-state index contributed by atoms with van der Waals surface area (Å²) in [5.74, 6) is 0.484. The number of likely N-dealkylation sites (N-methyl/N-ethyl adjacent to an activating group) is 1. The predicted octanol–water partition coefficient (Wildman–Crippen LogP) is 2.17. The molecule has 0 saturated carbocycles. The van der Waals surface area contributed by atoms with Gasteiger partial charge in [0.25, 0.3) is 0 Å². The van der Waals surface area contributed by atoms with Gasteiger partial charge in [0.15, 0.2) is 0 Å². The zero-order chi connectivity index (χ0) is 19.9. The van der Waals surface area contributed by atoms with Crippen molar-refractivity contribution in [3.05, 3.63) is 35.9 Å². The van der Waals surface area contributed by atoms with E-state index in [1.807, 2.05) is 54.0 Å². The number of hydrogen-bond donors (Lipinski definition) is 0. The van der Waals surface area contributed by atoms with E-state index in [4.69, 9.17) is 4.74 Å². The van der Waals surface area contributed by atoms with Crippen molar-refractivity contribution >= 4 is 11.8 Å². The number of rotatable bonds is 6. The number of carbonyl (C=O) groups excluding carboxylic acids is 2. The van der Waals surface area contributed by atoms with Gasteiger partial charge in [-0.15, -0.1) is 0 Å². The van der Waals surface area contributed by atoms with Crippen LogP contribution in [0.5, 0.6) is 0 Å². The van der Waals surface area contributed by atoms with E-state index in [0.29, 0.717) is 39.4 Å². The van der Waals surface area contributed by atoms with Gasteiger partial charge in [0.2, 0.25) is 11.8 Å². The Morgan fingerprint density at radius 2 is 1.64 bits per heavy atom. The maximum Gasteiger partial charge on any atom is 0.244 e. The molecule has 2 aliphatic heterocycles. The second kappa shape index (κ2) is 10.0. The number of ether oxygens (including phenoxy) is 1. The van der Waals surface area contributed by atoms with Crippen molar-refractivity contribution in [2.24, 2.45) is 5.92 Å². The Bertz CT molecular complexity index is 634. The number of hydrogen-bond acceptors (Lipinski definition) is 4. The Labute approximate surface area is 168 Å². The highest BCUT2D eigenvalue weighted by molar-refractivity contribution is 5.83. The first-order chi connectivity index (χ1) is 13.7. The van der Waals surface area contributed by atoms with Gasteiger partial charge in [-0.3, -0.25) is 14.5 Å². The summed E-state index contributed by atoms with van der Waals surface area (Å²) in [4.78, 5) is 32.2. The molecule has 2 aliphatic rings. The normalized spacial score (nSPS) is 20.0. The third-order valence-electron chi connectivity index (χ3n) is 5.99. The van der Waals surface area contributed by atoms with E-state index < -0.39 is 0 Å². The molecular weight excluding hydrogens is 354 g/mol. The fourth-order valence-corrected chi connectivity index (χ4v) is 4.30. The highest BCUT2D eigenvalue weighted by Crippen LogP contribution is 2.29. The van der Waals surface area contributed by atoms with Crippen LogP contribution >= 0.6 is 0 Å². The molecule has 0 spiro atoms. The fraction of sp³-hybridized carbons (Fsp3) is 0.636. The molecule has 1 unspecified atom stereocenters. The number of benzene rings is 1. The molecule has 1 atom stereocenters. The van der Waals surface area contributed by atoms with Gasteiger partial charge in [-0.1, -0.05) is 30.3 Å². The van der Waals surface area contributed by atoms with Gasteiger partial charge < -0.3 is 14.5 Å². The van der Waals surface area contributed by atoms with E-state index in [1.165, 1.54) is 0 Å². The van der Waals surface area contributed by atoms with Crippen molar-refractivity contribution in [3.63, 3.8) is 0 Å². The quantitative estimate of drug-likeness (QED) is 0.751. The second-order valence-electron chi connectivity index (χ2n) is 7.57. The molecule has 1 aromatic rings. The zero-order valence-electron chi connectivity index (χ0n) is 17.2. The maximum absolute atomic E-state index is 13.3. The number of likely N-dealkylation sites (tertiary alicyclic amines) is 1. The Morgan fingerprint density at radius 1 is 1.04 bits per heavy atom. The maximum atomic E-state index is 13.3. The van der Waals surface area contributed by atoms with Crippen LogP contribution in [0.4, 0.5) is 0 Å². The third kappa shape index (κ3) is 4.73. The van der Waals surface area contributed by atoms with E-state index in [9.17, 15) is 9.59 Å². The summed E-state index contributed by atoms with van der Waals surface area (Å²) >= 11 is 0. The van der Waals surface area contributed by atoms with Gasteiger partial charge >= 0.3 is 0 Å². The minimum absolute atomic E-state index is 0.0642. The van der Waals surface area contributed by atoms with Crippen LogP contribution in [-0.2, 0) is 14.3 Å². The van der Waals surface area contributed by atoms with Crippen LogP contribution in [0.2, 0.25) is 0 Å². The van der Waals surface area contributed by atoms with Crippen molar-refractivity contribution in [1.29, 1.82) is 0 Å². The van der Waals surface area contributed by atoms with Crippen LogP contribution in [0.3, 0.4) is 0 Å². The lowest BCUT2D eigenvalue weighted by Gasteiger charge is -2.40. The lowest BCUT2D eigenvalue weighted by Crippen LogP contribution is -2.49. The summed E-state index contributed by atoms with van der Waals surface area (Å²) in [5.41, 5.74) is 1.04. The predicted molar refractivity (Wildman–Crippen MR) is 109 cm³/mol. The van der Waals surface area contributed by atoms with E-state index in [0.717, 1.165) is 31.5 Å². The van der Waals surface area contributed by atoms with Crippen molar-refractivity contribution in [2.75, 3.05) is 52.5 Å². The smallest absolute Gasteiger partial charge is 0.244 e. The van der Waals surface area contributed by atoms with Crippen LogP contribution in [0, 0.1) is 5.92 Å². The number of amides is 2. The molecule has 0 N–H and O–H groups in total. The van der Waals surface area contributed by atoms with Crippen LogP contribution in [-0.4, -0.2) is 79.0 Å². The molecule has 0 bridgehead atoms. The average molecular weight is 388 g/mol. The van der Waals surface area contributed by atoms with Crippen molar-refractivity contribution in [2.45, 2.75) is 32.7 Å². The summed E-state index contributed by atoms with van der Waals surface area (Å²) in [7, 11) is 0. The molecule has 0 radical (unpaired) electrons. The van der Waals surface area contributed by atoms with E-state index >= 15 is 0 Å². The average Bonchev–Trinajstić information content (AvgIpc) is 2.76. The summed E-state index contributed by atoms with van der Waals surface area (Å²) in [6.45, 7) is 9.69. The molecule has 0 aromatic heterocycles. The Kier molecular flexibility index (Phi) is 7.45. The van der Waals surface area contributed by atoms with Crippen LogP contribution in [0.1, 0.15) is 38.3 Å². The molecule has 0 aliphatic carbocycles. The standard InChI is InChI=1S/C22H33N3O3/c1-3-23(4-2)22(27)20(18-8-6-5-7-9-18)24-12-10-19(11-13-24)21(26)25-14-16-28-17-15-25/h5-9,19-20H,3-4,10-17H2,1-2H3. The van der Waals surface area contributed by atoms with Gasteiger partial charge in [0, 0.05) is 32.1 Å². The molecule has 154 valence electrons. The van der Waals surface area contributed by atoms with Crippen LogP contribution in [0.25, 0.3) is 0 Å². The first kappa shape index (κ1) is 20.8. The molecule has 3 rings (SSSR count). The summed E-state index contributed by atoms with van der Waals surface area (Å²) in [6, 6.07) is 9.78.